The van der Waals surface area contributed by atoms with Crippen LogP contribution in [0.1, 0.15) is 44.1 Å². The van der Waals surface area contributed by atoms with Crippen molar-refractivity contribution in [2.24, 2.45) is 5.92 Å². The highest BCUT2D eigenvalue weighted by atomic mass is 32.2. The molecule has 1 aliphatic carbocycles. The van der Waals surface area contributed by atoms with Gasteiger partial charge in [0.25, 0.3) is 0 Å². The number of amides is 1. The van der Waals surface area contributed by atoms with E-state index in [1.807, 2.05) is 0 Å². The molecule has 7 nitrogen and oxygen atoms in total. The molecule has 0 bridgehead atoms. The van der Waals surface area contributed by atoms with Crippen LogP contribution in [0.25, 0.3) is 0 Å². The predicted molar refractivity (Wildman–Crippen MR) is 112 cm³/mol. The zero-order chi connectivity index (χ0) is 20.5. The van der Waals surface area contributed by atoms with Crippen molar-refractivity contribution in [1.29, 1.82) is 0 Å². The number of carbonyl (C=O) groups excluding carboxylic acids is 2. The number of phenolic OH excluding ortho intramolecular Hbond substituents is 1. The summed E-state index contributed by atoms with van der Waals surface area (Å²) in [7, 11) is 1.49. The van der Waals surface area contributed by atoms with E-state index >= 15 is 0 Å². The summed E-state index contributed by atoms with van der Waals surface area (Å²) in [6, 6.07) is 5.08. The number of carbonyl (C=O) groups is 2. The molecule has 1 amide bonds. The van der Waals surface area contributed by atoms with Crippen LogP contribution in [0.2, 0.25) is 0 Å². The van der Waals surface area contributed by atoms with Crippen molar-refractivity contribution in [3.05, 3.63) is 35.0 Å². The van der Waals surface area contributed by atoms with Gasteiger partial charge in [0.15, 0.2) is 17.3 Å². The van der Waals surface area contributed by atoms with Crippen LogP contribution in [0, 0.1) is 5.92 Å². The molecule has 2 heterocycles. The summed E-state index contributed by atoms with van der Waals surface area (Å²) in [5, 5.41) is 20.0. The second-order valence-corrected chi connectivity index (χ2v) is 8.86. The molecule has 1 aromatic carbocycles. The van der Waals surface area contributed by atoms with Crippen LogP contribution in [0.3, 0.4) is 0 Å². The Morgan fingerprint density at radius 1 is 1.24 bits per heavy atom. The lowest BCUT2D eigenvalue weighted by atomic mass is 9.70. The van der Waals surface area contributed by atoms with E-state index in [4.69, 9.17) is 4.74 Å². The van der Waals surface area contributed by atoms with Crippen molar-refractivity contribution in [1.82, 2.24) is 16.0 Å². The maximum Gasteiger partial charge on any atom is 0.229 e. The van der Waals surface area contributed by atoms with Gasteiger partial charge >= 0.3 is 0 Å². The molecule has 8 heteroatoms. The van der Waals surface area contributed by atoms with Crippen molar-refractivity contribution in [3.8, 4) is 11.5 Å². The van der Waals surface area contributed by atoms with Gasteiger partial charge in [-0.2, -0.15) is 0 Å². The summed E-state index contributed by atoms with van der Waals surface area (Å²) in [4.78, 5) is 26.1. The molecule has 4 rings (SSSR count). The Morgan fingerprint density at radius 2 is 2.07 bits per heavy atom. The zero-order valence-corrected chi connectivity index (χ0v) is 17.5. The molecule has 0 spiro atoms. The molecular weight excluding hydrogens is 390 g/mol. The fourth-order valence-corrected chi connectivity index (χ4v) is 5.40. The molecule has 156 valence electrons. The Kier molecular flexibility index (Phi) is 5.74. The fraction of sp³-hybridized carbons (Fsp3) is 0.524. The molecule has 0 aromatic heterocycles. The quantitative estimate of drug-likeness (QED) is 0.583. The number of rotatable bonds is 5. The molecule has 1 saturated heterocycles. The van der Waals surface area contributed by atoms with Crippen LogP contribution >= 0.6 is 11.8 Å². The minimum Gasteiger partial charge on any atom is -0.504 e. The van der Waals surface area contributed by atoms with E-state index < -0.39 is 5.92 Å². The van der Waals surface area contributed by atoms with Gasteiger partial charge in [-0.15, -0.1) is 11.8 Å². The number of Topliss-reactive ketones (excluding diaryl/α,β-unsaturated/α-hetero) is 1. The topological polar surface area (TPSA) is 99.7 Å². The molecule has 4 atom stereocenters. The molecule has 0 saturated carbocycles. The average molecular weight is 418 g/mol. The predicted octanol–water partition coefficient (Wildman–Crippen LogP) is 2.18. The molecule has 29 heavy (non-hydrogen) atoms. The Labute approximate surface area is 174 Å². The Balaban J connectivity index is 1.76. The monoisotopic (exact) mass is 417 g/mol. The van der Waals surface area contributed by atoms with Gasteiger partial charge in [0.05, 0.1) is 19.2 Å². The first-order valence-electron chi connectivity index (χ1n) is 10.1. The van der Waals surface area contributed by atoms with Crippen LogP contribution < -0.4 is 20.7 Å². The first kappa shape index (κ1) is 20.1. The van der Waals surface area contributed by atoms with Crippen molar-refractivity contribution < 1.29 is 19.4 Å². The smallest absolute Gasteiger partial charge is 0.229 e. The van der Waals surface area contributed by atoms with Gasteiger partial charge in [0, 0.05) is 23.6 Å². The Hall–Kier alpha value is -2.19. The lowest BCUT2D eigenvalue weighted by molar-refractivity contribution is -0.130. The van der Waals surface area contributed by atoms with Gasteiger partial charge < -0.3 is 20.5 Å². The number of ether oxygens (including phenoxy) is 1. The molecule has 0 radical (unpaired) electrons. The lowest BCUT2D eigenvalue weighted by Crippen LogP contribution is -2.67. The van der Waals surface area contributed by atoms with Crippen LogP contribution in [0.4, 0.5) is 0 Å². The van der Waals surface area contributed by atoms with Gasteiger partial charge in [-0.05, 0) is 42.7 Å². The van der Waals surface area contributed by atoms with Crippen molar-refractivity contribution in [2.45, 2.75) is 50.2 Å². The summed E-state index contributed by atoms with van der Waals surface area (Å²) < 4.78 is 5.28. The van der Waals surface area contributed by atoms with E-state index in [9.17, 15) is 14.7 Å². The highest BCUT2D eigenvalue weighted by molar-refractivity contribution is 7.99. The third-order valence-corrected chi connectivity index (χ3v) is 7.00. The van der Waals surface area contributed by atoms with E-state index in [-0.39, 0.29) is 35.0 Å². The van der Waals surface area contributed by atoms with Crippen LogP contribution in [0.15, 0.2) is 29.5 Å². The number of methoxy groups -OCH3 is 1. The third-order valence-electron chi connectivity index (χ3n) is 5.77. The van der Waals surface area contributed by atoms with Crippen molar-refractivity contribution >= 4 is 23.5 Å². The Morgan fingerprint density at radius 3 is 2.83 bits per heavy atom. The average Bonchev–Trinajstić information content (AvgIpc) is 2.71. The van der Waals surface area contributed by atoms with Gasteiger partial charge in [0.1, 0.15) is 5.50 Å². The SMILES string of the molecule is CCCSC1NC(=O)C2C(NC3=C(C(=O)CCC3)C2c2ccc(O)c(OC)c2)N1. The van der Waals surface area contributed by atoms with Crippen molar-refractivity contribution in [2.75, 3.05) is 12.9 Å². The summed E-state index contributed by atoms with van der Waals surface area (Å²) in [6.07, 6.45) is 2.88. The van der Waals surface area contributed by atoms with Crippen LogP contribution in [-0.2, 0) is 9.59 Å². The van der Waals surface area contributed by atoms with E-state index in [2.05, 4.69) is 22.9 Å². The maximum atomic E-state index is 13.2. The highest BCUT2D eigenvalue weighted by Gasteiger charge is 2.49. The third kappa shape index (κ3) is 3.71. The molecule has 2 aliphatic heterocycles. The number of hydrogen-bond donors (Lipinski definition) is 4. The maximum absolute atomic E-state index is 13.2. The molecule has 1 aromatic rings. The van der Waals surface area contributed by atoms with Gasteiger partial charge in [-0.1, -0.05) is 13.0 Å². The number of fused-ring (bicyclic) bond motifs is 1. The first-order valence-corrected chi connectivity index (χ1v) is 11.2. The van der Waals surface area contributed by atoms with E-state index in [0.29, 0.717) is 17.7 Å². The second-order valence-electron chi connectivity index (χ2n) is 7.65. The summed E-state index contributed by atoms with van der Waals surface area (Å²) in [6.45, 7) is 2.11. The van der Waals surface area contributed by atoms with E-state index in [1.54, 1.807) is 30.0 Å². The summed E-state index contributed by atoms with van der Waals surface area (Å²) >= 11 is 1.67. The number of ketones is 1. The molecule has 4 unspecified atom stereocenters. The fourth-order valence-electron chi connectivity index (χ4n) is 4.49. The number of phenols is 1. The Bertz CT molecular complexity index is 856. The number of allylic oxidation sites excluding steroid dienone is 2. The summed E-state index contributed by atoms with van der Waals surface area (Å²) in [5.74, 6) is 0.477. The minimum atomic E-state index is -0.469. The molecule has 3 aliphatic rings. The highest BCUT2D eigenvalue weighted by Crippen LogP contribution is 2.45. The first-order chi connectivity index (χ1) is 14.0. The van der Waals surface area contributed by atoms with E-state index in [1.165, 1.54) is 7.11 Å². The second kappa shape index (κ2) is 8.28. The van der Waals surface area contributed by atoms with Crippen LogP contribution in [-0.4, -0.2) is 41.3 Å². The van der Waals surface area contributed by atoms with E-state index in [0.717, 1.165) is 36.3 Å². The lowest BCUT2D eigenvalue weighted by Gasteiger charge is -2.47. The zero-order valence-electron chi connectivity index (χ0n) is 16.7. The van der Waals surface area contributed by atoms with Crippen LogP contribution in [0.5, 0.6) is 11.5 Å². The van der Waals surface area contributed by atoms with Gasteiger partial charge in [-0.25, -0.2) is 0 Å². The standard InChI is InChI=1S/C21H27N3O4S/c1-3-9-29-21-23-19-18(20(27)24-21)16(11-7-8-13(25)15(10-11)28-2)17-12(22-19)5-4-6-14(17)26/h7-8,10,16,18-19,21-23,25H,3-6,9H2,1-2H3,(H,24,27). The van der Waals surface area contributed by atoms with Crippen molar-refractivity contribution in [3.63, 3.8) is 0 Å². The number of hydrogen-bond acceptors (Lipinski definition) is 7. The molecule has 1 fully saturated rings. The molecule has 4 N–H and O–H groups in total. The number of benzene rings is 1. The molecular formula is C21H27N3O4S. The van der Waals surface area contributed by atoms with Gasteiger partial charge in [0.2, 0.25) is 5.91 Å². The largest absolute Gasteiger partial charge is 0.504 e. The number of thioether (sulfide) groups is 1. The van der Waals surface area contributed by atoms with Gasteiger partial charge in [-0.3, -0.25) is 14.9 Å². The minimum absolute atomic E-state index is 0.0353. The summed E-state index contributed by atoms with van der Waals surface area (Å²) in [5.41, 5.74) is 2.27. The number of nitrogens with one attached hydrogen (secondary N) is 3. The normalized spacial score (nSPS) is 28.9. The number of aromatic hydroxyl groups is 1.